The number of rotatable bonds is 7. The van der Waals surface area contributed by atoms with Crippen LogP contribution in [-0.4, -0.2) is 56.5 Å². The van der Waals surface area contributed by atoms with Gasteiger partial charge < -0.3 is 24.6 Å². The average molecular weight is 440 g/mol. The topological polar surface area (TPSA) is 79.8 Å². The molecule has 0 bridgehead atoms. The number of piperidine rings is 2. The first-order chi connectivity index (χ1) is 15.7. The van der Waals surface area contributed by atoms with Gasteiger partial charge in [-0.15, -0.1) is 10.2 Å². The molecule has 8 heteroatoms. The number of benzene rings is 1. The number of nitrogens with zero attached hydrogens (tertiary/aromatic N) is 4. The van der Waals surface area contributed by atoms with Crippen LogP contribution in [0.1, 0.15) is 37.7 Å². The zero-order valence-electron chi connectivity index (χ0n) is 19.0. The molecule has 1 N–H and O–H groups in total. The molecule has 0 spiro atoms. The van der Waals surface area contributed by atoms with Crippen LogP contribution < -0.4 is 24.6 Å². The first-order valence-corrected chi connectivity index (χ1v) is 11.5. The van der Waals surface area contributed by atoms with E-state index in [0.717, 1.165) is 62.0 Å². The van der Waals surface area contributed by atoms with Gasteiger partial charge in [0.05, 0.1) is 14.2 Å². The van der Waals surface area contributed by atoms with E-state index in [9.17, 15) is 4.79 Å². The molecule has 1 aromatic carbocycles. The Labute approximate surface area is 189 Å². The number of anilines is 2. The Morgan fingerprint density at radius 2 is 1.59 bits per heavy atom. The number of hydrogen-bond acceptors (Lipinski definition) is 7. The predicted molar refractivity (Wildman–Crippen MR) is 124 cm³/mol. The highest BCUT2D eigenvalue weighted by molar-refractivity contribution is 5.79. The van der Waals surface area contributed by atoms with Gasteiger partial charge in [0, 0.05) is 50.3 Å². The summed E-state index contributed by atoms with van der Waals surface area (Å²) in [5, 5.41) is 12.0. The second-order valence-electron chi connectivity index (χ2n) is 8.45. The van der Waals surface area contributed by atoms with Crippen molar-refractivity contribution in [3.63, 3.8) is 0 Å². The molecule has 2 aliphatic heterocycles. The van der Waals surface area contributed by atoms with Crippen molar-refractivity contribution in [2.45, 2.75) is 38.6 Å². The molecule has 2 saturated heterocycles. The van der Waals surface area contributed by atoms with Gasteiger partial charge in [-0.1, -0.05) is 0 Å². The third kappa shape index (κ3) is 5.23. The van der Waals surface area contributed by atoms with Crippen molar-refractivity contribution in [1.82, 2.24) is 15.5 Å². The molecule has 0 aliphatic carbocycles. The van der Waals surface area contributed by atoms with Gasteiger partial charge in [-0.3, -0.25) is 4.79 Å². The van der Waals surface area contributed by atoms with Crippen LogP contribution in [0.5, 0.6) is 11.5 Å². The van der Waals surface area contributed by atoms with Crippen LogP contribution in [-0.2, 0) is 11.3 Å². The van der Waals surface area contributed by atoms with Crippen LogP contribution in [0.2, 0.25) is 0 Å². The minimum Gasteiger partial charge on any atom is -0.497 e. The van der Waals surface area contributed by atoms with Crippen molar-refractivity contribution < 1.29 is 14.3 Å². The van der Waals surface area contributed by atoms with Gasteiger partial charge in [-0.05, 0) is 56.4 Å². The zero-order chi connectivity index (χ0) is 22.3. The fourth-order valence-electron chi connectivity index (χ4n) is 4.47. The highest BCUT2D eigenvalue weighted by atomic mass is 16.5. The van der Waals surface area contributed by atoms with Gasteiger partial charge >= 0.3 is 0 Å². The number of aromatic nitrogens is 2. The van der Waals surface area contributed by atoms with Crippen molar-refractivity contribution >= 4 is 17.5 Å². The van der Waals surface area contributed by atoms with E-state index in [1.54, 1.807) is 14.2 Å². The molecule has 0 unspecified atom stereocenters. The van der Waals surface area contributed by atoms with E-state index < -0.39 is 0 Å². The number of hydrogen-bond donors (Lipinski definition) is 1. The van der Waals surface area contributed by atoms with E-state index in [1.807, 2.05) is 18.2 Å². The van der Waals surface area contributed by atoms with E-state index in [1.165, 1.54) is 19.3 Å². The van der Waals surface area contributed by atoms with Crippen molar-refractivity contribution in [3.8, 4) is 11.5 Å². The van der Waals surface area contributed by atoms with Gasteiger partial charge in [-0.2, -0.15) is 0 Å². The van der Waals surface area contributed by atoms with Crippen LogP contribution >= 0.6 is 0 Å². The lowest BCUT2D eigenvalue weighted by Gasteiger charge is -2.32. The maximum atomic E-state index is 12.7. The highest BCUT2D eigenvalue weighted by Crippen LogP contribution is 2.26. The van der Waals surface area contributed by atoms with Gasteiger partial charge in [0.1, 0.15) is 11.5 Å². The Morgan fingerprint density at radius 3 is 2.19 bits per heavy atom. The van der Waals surface area contributed by atoms with Crippen molar-refractivity contribution in [2.75, 3.05) is 50.2 Å². The fraction of sp³-hybridized carbons (Fsp3) is 0.542. The van der Waals surface area contributed by atoms with Crippen LogP contribution in [0.25, 0.3) is 0 Å². The molecule has 1 amide bonds. The summed E-state index contributed by atoms with van der Waals surface area (Å²) in [6.45, 7) is 4.19. The monoisotopic (exact) mass is 439 g/mol. The molecule has 8 nitrogen and oxygen atoms in total. The molecule has 0 radical (unpaired) electrons. The molecular weight excluding hydrogens is 406 g/mol. The second-order valence-corrected chi connectivity index (χ2v) is 8.45. The van der Waals surface area contributed by atoms with Crippen LogP contribution in [0.4, 0.5) is 11.6 Å². The van der Waals surface area contributed by atoms with Gasteiger partial charge in [0.15, 0.2) is 11.6 Å². The SMILES string of the molecule is COc1ccc(CNC(=O)C2CCN(c3ccc(N4CCCCC4)nn3)CC2)c(OC)c1. The first kappa shape index (κ1) is 22.2. The van der Waals surface area contributed by atoms with E-state index in [0.29, 0.717) is 12.3 Å². The number of nitrogens with one attached hydrogen (secondary N) is 1. The summed E-state index contributed by atoms with van der Waals surface area (Å²) >= 11 is 0. The predicted octanol–water partition coefficient (Wildman–Crippen LogP) is 3.02. The summed E-state index contributed by atoms with van der Waals surface area (Å²) in [5.74, 6) is 3.41. The first-order valence-electron chi connectivity index (χ1n) is 11.5. The molecule has 32 heavy (non-hydrogen) atoms. The summed E-state index contributed by atoms with van der Waals surface area (Å²) in [6.07, 6.45) is 5.37. The third-order valence-electron chi connectivity index (χ3n) is 6.45. The van der Waals surface area contributed by atoms with E-state index in [4.69, 9.17) is 9.47 Å². The Bertz CT molecular complexity index is 891. The van der Waals surface area contributed by atoms with E-state index in [2.05, 4.69) is 37.4 Å². The lowest BCUT2D eigenvalue weighted by atomic mass is 9.96. The van der Waals surface area contributed by atoms with Crippen molar-refractivity contribution in [3.05, 3.63) is 35.9 Å². The molecule has 2 aliphatic rings. The summed E-state index contributed by atoms with van der Waals surface area (Å²) in [5.41, 5.74) is 0.933. The quantitative estimate of drug-likeness (QED) is 0.710. The minimum atomic E-state index is 0.0103. The third-order valence-corrected chi connectivity index (χ3v) is 6.45. The molecule has 0 saturated carbocycles. The number of carbonyl (C=O) groups is 1. The Kier molecular flexibility index (Phi) is 7.29. The standard InChI is InChI=1S/C24H33N5O3/c1-31-20-7-6-19(21(16-20)32-2)17-25-24(30)18-10-14-29(15-11-18)23-9-8-22(26-27-23)28-12-4-3-5-13-28/h6-9,16,18H,3-5,10-15,17H2,1-2H3,(H,25,30). The van der Waals surface area contributed by atoms with E-state index in [-0.39, 0.29) is 11.8 Å². The maximum absolute atomic E-state index is 12.7. The summed E-state index contributed by atoms with van der Waals surface area (Å²) in [6, 6.07) is 9.77. The van der Waals surface area contributed by atoms with Gasteiger partial charge in [0.25, 0.3) is 0 Å². The Balaban J connectivity index is 1.26. The molecule has 2 fully saturated rings. The lowest BCUT2D eigenvalue weighted by Crippen LogP contribution is -2.40. The lowest BCUT2D eigenvalue weighted by molar-refractivity contribution is -0.125. The smallest absolute Gasteiger partial charge is 0.223 e. The molecule has 4 rings (SSSR count). The fourth-order valence-corrected chi connectivity index (χ4v) is 4.47. The zero-order valence-corrected chi connectivity index (χ0v) is 19.0. The summed E-state index contributed by atoms with van der Waals surface area (Å²) in [4.78, 5) is 17.3. The summed E-state index contributed by atoms with van der Waals surface area (Å²) < 4.78 is 10.7. The van der Waals surface area contributed by atoms with Crippen LogP contribution in [0, 0.1) is 5.92 Å². The average Bonchev–Trinajstić information content (AvgIpc) is 2.88. The van der Waals surface area contributed by atoms with Crippen LogP contribution in [0.3, 0.4) is 0 Å². The molecule has 0 atom stereocenters. The van der Waals surface area contributed by atoms with Gasteiger partial charge in [-0.25, -0.2) is 0 Å². The Morgan fingerprint density at radius 1 is 0.938 bits per heavy atom. The normalized spacial score (nSPS) is 17.2. The molecule has 1 aromatic heterocycles. The largest absolute Gasteiger partial charge is 0.497 e. The highest BCUT2D eigenvalue weighted by Gasteiger charge is 2.26. The van der Waals surface area contributed by atoms with E-state index >= 15 is 0 Å². The number of ether oxygens (including phenoxy) is 2. The number of methoxy groups -OCH3 is 2. The molecule has 3 heterocycles. The number of amides is 1. The van der Waals surface area contributed by atoms with Crippen LogP contribution in [0.15, 0.2) is 30.3 Å². The molecule has 172 valence electrons. The molecular formula is C24H33N5O3. The van der Waals surface area contributed by atoms with Gasteiger partial charge in [0.2, 0.25) is 5.91 Å². The maximum Gasteiger partial charge on any atom is 0.223 e. The number of carbonyl (C=O) groups excluding carboxylic acids is 1. The summed E-state index contributed by atoms with van der Waals surface area (Å²) in [7, 11) is 3.25. The second kappa shape index (κ2) is 10.5. The minimum absolute atomic E-state index is 0.0103. The van der Waals surface area contributed by atoms with Crippen molar-refractivity contribution in [2.24, 2.45) is 5.92 Å². The Hall–Kier alpha value is -3.03. The molecule has 2 aromatic rings. The van der Waals surface area contributed by atoms with Crippen molar-refractivity contribution in [1.29, 1.82) is 0 Å².